The molecule has 0 saturated carbocycles. The van der Waals surface area contributed by atoms with Crippen LogP contribution in [-0.2, 0) is 64.0 Å². The molecule has 6 atom stereocenters. The second-order valence-electron chi connectivity index (χ2n) is 27.1. The molecule has 22 nitrogen and oxygen atoms in total. The molecule has 7 N–H and O–H groups in total. The summed E-state index contributed by atoms with van der Waals surface area (Å²) in [5.74, 6) is -6.79. The highest BCUT2D eigenvalue weighted by Gasteiger charge is 2.44. The van der Waals surface area contributed by atoms with Crippen LogP contribution < -0.4 is 31.3 Å². The van der Waals surface area contributed by atoms with Gasteiger partial charge in [-0.25, -0.2) is 18.0 Å². The van der Waals surface area contributed by atoms with Gasteiger partial charge in [-0.3, -0.25) is 29.4 Å². The summed E-state index contributed by atoms with van der Waals surface area (Å²) in [6, 6.07) is 7.79. The molecule has 0 bridgehead atoms. The zero-order valence-corrected chi connectivity index (χ0v) is 56.9. The summed E-state index contributed by atoms with van der Waals surface area (Å²) in [6.07, 6.45) is -0.647. The van der Waals surface area contributed by atoms with Crippen LogP contribution >= 0.6 is 11.8 Å². The van der Waals surface area contributed by atoms with E-state index in [4.69, 9.17) is 29.1 Å². The standard InChI is InChI=1S/C65H95N7O15S2/c1-36-37(2)53(38(3)44-32-64(14,15)87-52(36)44)89(81,82)35-49(66)67-30-24-29-48(72(18)58(77)54(65(16,17)88-19)71-60(80)83-33-45-42-27-22-20-25-40(42)41-26-21-23-28-43(41)45)57(76)69-47(34-84-61(5,6)7)56(75)68-46(31-50(73)86-63(11,12)13)55(74)70-51(59(78)79)39(4)85-62(8,9)10/h20-23,25-28,39,45-48,51,54H,24,29-35H2,1-19H3,(H2,66,67)(H,68,75)(H,69,76)(H,70,74)(H,71,80)(H,78,79)/t39?,46-,47-,48-,51-,54+/m0/s1. The monoisotopic (exact) mass is 1280 g/mol. The molecule has 5 rings (SSSR count). The summed E-state index contributed by atoms with van der Waals surface area (Å²) in [5.41, 5.74) is 3.24. The minimum atomic E-state index is -4.09. The largest absolute Gasteiger partial charge is 0.487 e. The Kier molecular flexibility index (Phi) is 23.8. The normalized spacial score (nSPS) is 15.9. The van der Waals surface area contributed by atoms with Gasteiger partial charge in [0.05, 0.1) is 35.2 Å². The van der Waals surface area contributed by atoms with Crippen molar-refractivity contribution in [2.24, 2.45) is 0 Å². The molecule has 5 amide bonds. The van der Waals surface area contributed by atoms with Crippen LogP contribution in [0.25, 0.3) is 11.1 Å². The summed E-state index contributed by atoms with van der Waals surface area (Å²) in [5, 5.41) is 32.4. The van der Waals surface area contributed by atoms with Gasteiger partial charge in [-0.2, -0.15) is 11.8 Å². The molecule has 492 valence electrons. The number of nitrogens with zero attached hydrogens (tertiary/aromatic N) is 1. The Labute approximate surface area is 529 Å². The van der Waals surface area contributed by atoms with E-state index in [1.54, 1.807) is 96.3 Å². The number of carbonyl (C=O) groups excluding carboxylic acids is 6. The molecule has 0 saturated heterocycles. The zero-order chi connectivity index (χ0) is 67.1. The number of hydrogen-bond donors (Lipinski definition) is 7. The second-order valence-corrected chi connectivity index (χ2v) is 30.5. The fourth-order valence-electron chi connectivity index (χ4n) is 10.9. The number of carboxylic acid groups (broad SMARTS) is 1. The highest BCUT2D eigenvalue weighted by Crippen LogP contribution is 2.46. The Hall–Kier alpha value is -6.76. The van der Waals surface area contributed by atoms with Gasteiger partial charge in [0.1, 0.15) is 59.3 Å². The lowest BCUT2D eigenvalue weighted by molar-refractivity contribution is -0.157. The lowest BCUT2D eigenvalue weighted by atomic mass is 9.94. The van der Waals surface area contributed by atoms with Crippen molar-refractivity contribution in [3.8, 4) is 16.9 Å². The van der Waals surface area contributed by atoms with Crippen LogP contribution in [0.4, 0.5) is 4.79 Å². The first-order valence-corrected chi connectivity index (χ1v) is 32.8. The van der Waals surface area contributed by atoms with Crippen LogP contribution in [0.3, 0.4) is 0 Å². The molecular formula is C65H95N7O15S2. The fourth-order valence-corrected chi connectivity index (χ4v) is 13.1. The number of amidine groups is 1. The first kappa shape index (κ1) is 73.0. The van der Waals surface area contributed by atoms with Crippen LogP contribution in [0.15, 0.2) is 53.4 Å². The van der Waals surface area contributed by atoms with Crippen molar-refractivity contribution in [3.05, 3.63) is 81.9 Å². The molecule has 3 aromatic rings. The molecule has 0 fully saturated rings. The maximum Gasteiger partial charge on any atom is 0.407 e. The average molecular weight is 1280 g/mol. The van der Waals surface area contributed by atoms with Gasteiger partial charge in [0.25, 0.3) is 0 Å². The average Bonchev–Trinajstić information content (AvgIpc) is 1.71. The Morgan fingerprint density at radius 3 is 1.89 bits per heavy atom. The number of rotatable bonds is 27. The molecule has 1 aliphatic heterocycles. The summed E-state index contributed by atoms with van der Waals surface area (Å²) in [4.78, 5) is 101. The maximum absolute atomic E-state index is 15.2. The van der Waals surface area contributed by atoms with Crippen LogP contribution in [0, 0.1) is 26.2 Å². The molecule has 1 aliphatic carbocycles. The Balaban J connectivity index is 1.46. The molecule has 0 spiro atoms. The van der Waals surface area contributed by atoms with E-state index in [9.17, 15) is 37.5 Å². The number of thioether (sulfide) groups is 1. The number of amides is 5. The van der Waals surface area contributed by atoms with E-state index in [2.05, 4.69) is 26.6 Å². The van der Waals surface area contributed by atoms with Crippen molar-refractivity contribution in [3.63, 3.8) is 0 Å². The van der Waals surface area contributed by atoms with Crippen LogP contribution in [-0.4, -0.2) is 168 Å². The predicted molar refractivity (Wildman–Crippen MR) is 342 cm³/mol. The van der Waals surface area contributed by atoms with Gasteiger partial charge in [0.2, 0.25) is 23.6 Å². The summed E-state index contributed by atoms with van der Waals surface area (Å²) < 4.78 is 56.9. The fraction of sp³-hybridized carbons (Fsp3) is 0.600. The number of benzene rings is 3. The van der Waals surface area contributed by atoms with Gasteiger partial charge < -0.3 is 60.3 Å². The van der Waals surface area contributed by atoms with Crippen LogP contribution in [0.1, 0.15) is 155 Å². The van der Waals surface area contributed by atoms with Gasteiger partial charge in [-0.15, -0.1) is 0 Å². The number of sulfone groups is 1. The quantitative estimate of drug-likeness (QED) is 0.0167. The van der Waals surface area contributed by atoms with E-state index in [1.807, 2.05) is 69.3 Å². The van der Waals surface area contributed by atoms with Crippen molar-refractivity contribution < 1.29 is 70.8 Å². The number of likely N-dealkylation sites (N-methyl/N-ethyl adjacent to an activating group) is 1. The number of alkyl carbamates (subject to hydrolysis) is 1. The topological polar surface area (TPSA) is 307 Å². The molecule has 2 aliphatic rings. The first-order chi connectivity index (χ1) is 41.0. The lowest BCUT2D eigenvalue weighted by Gasteiger charge is -2.37. The third-order valence-electron chi connectivity index (χ3n) is 15.4. The highest BCUT2D eigenvalue weighted by molar-refractivity contribution is 8.00. The van der Waals surface area contributed by atoms with Crippen molar-refractivity contribution >= 4 is 69.1 Å². The van der Waals surface area contributed by atoms with Gasteiger partial charge in [-0.05, 0) is 176 Å². The number of carboxylic acids is 1. The molecule has 24 heteroatoms. The van der Waals surface area contributed by atoms with Crippen molar-refractivity contribution in [1.29, 1.82) is 5.41 Å². The number of esters is 1. The number of aliphatic carboxylic acids is 1. The highest BCUT2D eigenvalue weighted by atomic mass is 32.2. The molecule has 1 heterocycles. The van der Waals surface area contributed by atoms with Crippen LogP contribution in [0.5, 0.6) is 5.75 Å². The smallest absolute Gasteiger partial charge is 0.407 e. The Morgan fingerprint density at radius 1 is 0.787 bits per heavy atom. The van der Waals surface area contributed by atoms with Crippen molar-refractivity contribution in [2.45, 2.75) is 218 Å². The van der Waals surface area contributed by atoms with Crippen molar-refractivity contribution in [2.75, 3.05) is 38.8 Å². The molecule has 3 aromatic carbocycles. The second kappa shape index (κ2) is 29.0. The number of nitrogens with one attached hydrogen (secondary N) is 6. The summed E-state index contributed by atoms with van der Waals surface area (Å²) >= 11 is 1.27. The predicted octanol–water partition coefficient (Wildman–Crippen LogP) is 7.61. The number of fused-ring (bicyclic) bond motifs is 4. The van der Waals surface area contributed by atoms with Gasteiger partial charge >= 0.3 is 18.0 Å². The molecular weight excluding hydrogens is 1180 g/mol. The van der Waals surface area contributed by atoms with Gasteiger partial charge in [0, 0.05) is 36.2 Å². The van der Waals surface area contributed by atoms with Crippen LogP contribution in [0.2, 0.25) is 0 Å². The third kappa shape index (κ3) is 19.6. The maximum atomic E-state index is 15.2. The summed E-state index contributed by atoms with van der Waals surface area (Å²) in [6.45, 7) is 28.4. The van der Waals surface area contributed by atoms with E-state index in [-0.39, 0.29) is 42.6 Å². The van der Waals surface area contributed by atoms with E-state index in [0.717, 1.165) is 32.7 Å². The van der Waals surface area contributed by atoms with E-state index >= 15 is 9.59 Å². The zero-order valence-electron chi connectivity index (χ0n) is 55.2. The number of carbonyl (C=O) groups is 7. The summed E-state index contributed by atoms with van der Waals surface area (Å²) in [7, 11) is -2.73. The Bertz CT molecular complexity index is 3210. The van der Waals surface area contributed by atoms with E-state index in [1.165, 1.54) is 25.7 Å². The molecule has 89 heavy (non-hydrogen) atoms. The minimum absolute atomic E-state index is 0.0343. The Morgan fingerprint density at radius 2 is 1.35 bits per heavy atom. The van der Waals surface area contributed by atoms with Gasteiger partial charge in [-0.1, -0.05) is 48.5 Å². The van der Waals surface area contributed by atoms with Gasteiger partial charge in [0.15, 0.2) is 15.9 Å². The third-order valence-corrected chi connectivity index (χ3v) is 18.6. The molecule has 1 unspecified atom stereocenters. The lowest BCUT2D eigenvalue weighted by Crippen LogP contribution is -2.62. The minimum Gasteiger partial charge on any atom is -0.487 e. The van der Waals surface area contributed by atoms with E-state index in [0.29, 0.717) is 28.9 Å². The van der Waals surface area contributed by atoms with E-state index < -0.39 is 134 Å². The molecule has 0 aromatic heterocycles. The first-order valence-electron chi connectivity index (χ1n) is 29.9. The molecule has 0 radical (unpaired) electrons. The number of hydrogen-bond acceptors (Lipinski definition) is 16. The van der Waals surface area contributed by atoms with Crippen molar-refractivity contribution in [1.82, 2.24) is 31.5 Å². The number of ether oxygens (including phenoxy) is 5. The SMILES string of the molecule is CSC(C)(C)[C@H](NC(=O)OCC1c2ccccc2-c2ccccc21)C(=O)N(C)[C@@H](CCCNC(=N)CS(=O)(=O)c1c(C)c(C)c2c(c1C)CC(C)(C)O2)C(=O)N[C@@H](COC(C)(C)C)C(=O)N[C@@H](CC(=O)OC(C)(C)C)C(=O)N[C@H](C(=O)O)C(C)OC(C)(C)C.